The highest BCUT2D eigenvalue weighted by Gasteiger charge is 2.28. The van der Waals surface area contributed by atoms with Gasteiger partial charge in [-0.1, -0.05) is 36.8 Å². The molecule has 3 nitrogen and oxygen atoms in total. The largest absolute Gasteiger partial charge is 0.387 e. The molecule has 1 rings (SSSR count). The van der Waals surface area contributed by atoms with Crippen molar-refractivity contribution in [2.24, 2.45) is 0 Å². The molecule has 0 heterocycles. The van der Waals surface area contributed by atoms with E-state index in [2.05, 4.69) is 0 Å². The number of benzene rings is 1. The van der Waals surface area contributed by atoms with E-state index >= 15 is 0 Å². The van der Waals surface area contributed by atoms with E-state index in [4.69, 9.17) is 0 Å². The molecule has 16 heavy (non-hydrogen) atoms. The van der Waals surface area contributed by atoms with Crippen molar-refractivity contribution in [3.63, 3.8) is 0 Å². The summed E-state index contributed by atoms with van der Waals surface area (Å²) in [5, 5.41) is 9.33. The Balaban J connectivity index is 3.05. The third kappa shape index (κ3) is 3.06. The molecule has 0 spiro atoms. The minimum absolute atomic E-state index is 0.411. The molecule has 0 bridgehead atoms. The molecule has 1 aromatic rings. The number of aryl methyl sites for hydroxylation is 1. The first-order valence-corrected chi connectivity index (χ1v) is 7.25. The Morgan fingerprint density at radius 3 is 2.44 bits per heavy atom. The minimum atomic E-state index is -3.23. The first-order valence-electron chi connectivity index (χ1n) is 5.29. The van der Waals surface area contributed by atoms with E-state index in [0.29, 0.717) is 12.0 Å². The second kappa shape index (κ2) is 4.97. The Kier molecular flexibility index (Phi) is 4.10. The third-order valence-corrected chi connectivity index (χ3v) is 4.38. The maximum atomic E-state index is 11.5. The fraction of sp³-hybridized carbons (Fsp3) is 0.500. The van der Waals surface area contributed by atoms with Gasteiger partial charge in [-0.15, -0.1) is 0 Å². The van der Waals surface area contributed by atoms with E-state index in [1.54, 1.807) is 13.0 Å². The van der Waals surface area contributed by atoms with Crippen LogP contribution in [0.25, 0.3) is 0 Å². The maximum Gasteiger partial charge on any atom is 0.153 e. The van der Waals surface area contributed by atoms with E-state index < -0.39 is 21.2 Å². The Morgan fingerprint density at radius 1 is 1.38 bits per heavy atom. The second-order valence-corrected chi connectivity index (χ2v) is 6.40. The van der Waals surface area contributed by atoms with Gasteiger partial charge in [-0.05, 0) is 18.9 Å². The summed E-state index contributed by atoms with van der Waals surface area (Å²) in [5.41, 5.74) is 1.68. The first kappa shape index (κ1) is 13.2. The van der Waals surface area contributed by atoms with Crippen molar-refractivity contribution in [3.05, 3.63) is 35.4 Å². The van der Waals surface area contributed by atoms with Crippen LogP contribution in [0.4, 0.5) is 0 Å². The SMILES string of the molecule is CC[C@@H]([C@@H](O)c1cccc(C)c1)S(C)(=O)=O. The topological polar surface area (TPSA) is 54.4 Å². The zero-order chi connectivity index (χ0) is 12.3. The van der Waals surface area contributed by atoms with Gasteiger partial charge in [0, 0.05) is 6.26 Å². The molecule has 0 radical (unpaired) electrons. The number of sulfone groups is 1. The summed E-state index contributed by atoms with van der Waals surface area (Å²) in [5.74, 6) is 0. The van der Waals surface area contributed by atoms with Crippen LogP contribution in [-0.2, 0) is 9.84 Å². The minimum Gasteiger partial charge on any atom is -0.387 e. The van der Waals surface area contributed by atoms with Crippen molar-refractivity contribution in [2.45, 2.75) is 31.6 Å². The van der Waals surface area contributed by atoms with Crippen molar-refractivity contribution in [1.82, 2.24) is 0 Å². The molecule has 0 unspecified atom stereocenters. The van der Waals surface area contributed by atoms with Crippen LogP contribution in [0.2, 0.25) is 0 Å². The molecule has 1 N–H and O–H groups in total. The summed E-state index contributed by atoms with van der Waals surface area (Å²) in [6.07, 6.45) is 0.633. The lowest BCUT2D eigenvalue weighted by molar-refractivity contribution is 0.169. The van der Waals surface area contributed by atoms with Gasteiger partial charge in [0.15, 0.2) is 9.84 Å². The molecule has 0 aliphatic heterocycles. The number of hydrogen-bond donors (Lipinski definition) is 1. The smallest absolute Gasteiger partial charge is 0.153 e. The summed E-state index contributed by atoms with van der Waals surface area (Å²) >= 11 is 0. The lowest BCUT2D eigenvalue weighted by Gasteiger charge is -2.20. The third-order valence-electron chi connectivity index (χ3n) is 2.69. The summed E-state index contributed by atoms with van der Waals surface area (Å²) < 4.78 is 23.0. The molecule has 4 heteroatoms. The van der Waals surface area contributed by atoms with Gasteiger partial charge < -0.3 is 5.11 Å². The van der Waals surface area contributed by atoms with Crippen LogP contribution in [0.3, 0.4) is 0 Å². The van der Waals surface area contributed by atoms with Crippen molar-refractivity contribution >= 4 is 9.84 Å². The van der Waals surface area contributed by atoms with Gasteiger partial charge in [-0.2, -0.15) is 0 Å². The molecule has 0 saturated carbocycles. The Labute approximate surface area is 97.0 Å². The first-order chi connectivity index (χ1) is 7.36. The van der Waals surface area contributed by atoms with E-state index in [1.165, 1.54) is 6.26 Å². The van der Waals surface area contributed by atoms with Crippen molar-refractivity contribution in [1.29, 1.82) is 0 Å². The average molecular weight is 242 g/mol. The molecule has 1 aromatic carbocycles. The van der Waals surface area contributed by atoms with Gasteiger partial charge in [-0.25, -0.2) is 8.42 Å². The molecule has 0 fully saturated rings. The standard InChI is InChI=1S/C12H18O3S/c1-4-11(16(3,14)15)12(13)10-7-5-6-9(2)8-10/h5-8,11-13H,4H2,1-3H3/t11-,12-/m0/s1. The predicted octanol–water partition coefficient (Wildman–Crippen LogP) is 1.85. The molecule has 2 atom stereocenters. The van der Waals surface area contributed by atoms with E-state index in [0.717, 1.165) is 5.56 Å². The molecule has 0 aliphatic carbocycles. The molecular formula is C12H18O3S. The fourth-order valence-corrected chi connectivity index (χ4v) is 3.06. The van der Waals surface area contributed by atoms with Crippen LogP contribution in [0.15, 0.2) is 24.3 Å². The Bertz CT molecular complexity index is 451. The average Bonchev–Trinajstić information content (AvgIpc) is 2.16. The Hall–Kier alpha value is -0.870. The van der Waals surface area contributed by atoms with Crippen LogP contribution in [0, 0.1) is 6.92 Å². The monoisotopic (exact) mass is 242 g/mol. The van der Waals surface area contributed by atoms with Crippen LogP contribution in [-0.4, -0.2) is 25.0 Å². The lowest BCUT2D eigenvalue weighted by Crippen LogP contribution is -2.26. The zero-order valence-electron chi connectivity index (χ0n) is 9.84. The van der Waals surface area contributed by atoms with E-state index in [1.807, 2.05) is 25.1 Å². The molecule has 0 aromatic heterocycles. The summed E-state index contributed by atoms with van der Waals surface area (Å²) in [7, 11) is -3.23. The van der Waals surface area contributed by atoms with Gasteiger partial charge in [0.2, 0.25) is 0 Å². The molecule has 0 aliphatic rings. The number of hydrogen-bond acceptors (Lipinski definition) is 3. The maximum absolute atomic E-state index is 11.5. The van der Waals surface area contributed by atoms with Crippen LogP contribution >= 0.6 is 0 Å². The quantitative estimate of drug-likeness (QED) is 0.876. The van der Waals surface area contributed by atoms with Crippen molar-refractivity contribution in [2.75, 3.05) is 6.26 Å². The molecule has 90 valence electrons. The Morgan fingerprint density at radius 2 is 2.00 bits per heavy atom. The van der Waals surface area contributed by atoms with Crippen LogP contribution in [0.5, 0.6) is 0 Å². The summed E-state index contributed by atoms with van der Waals surface area (Å²) in [4.78, 5) is 0. The number of aliphatic hydroxyl groups excluding tert-OH is 1. The van der Waals surface area contributed by atoms with Gasteiger partial charge in [-0.3, -0.25) is 0 Å². The van der Waals surface area contributed by atoms with E-state index in [-0.39, 0.29) is 0 Å². The predicted molar refractivity (Wildman–Crippen MR) is 65.1 cm³/mol. The highest BCUT2D eigenvalue weighted by atomic mass is 32.2. The number of aliphatic hydroxyl groups is 1. The molecule has 0 saturated heterocycles. The fourth-order valence-electron chi connectivity index (χ4n) is 1.83. The number of rotatable bonds is 4. The van der Waals surface area contributed by atoms with Crippen molar-refractivity contribution < 1.29 is 13.5 Å². The second-order valence-electron chi connectivity index (χ2n) is 4.14. The summed E-state index contributed by atoms with van der Waals surface area (Å²) in [6, 6.07) is 7.31. The zero-order valence-corrected chi connectivity index (χ0v) is 10.7. The normalized spacial score (nSPS) is 15.8. The lowest BCUT2D eigenvalue weighted by atomic mass is 10.0. The summed E-state index contributed by atoms with van der Waals surface area (Å²) in [6.45, 7) is 3.68. The van der Waals surface area contributed by atoms with Crippen LogP contribution in [0.1, 0.15) is 30.6 Å². The highest BCUT2D eigenvalue weighted by Crippen LogP contribution is 2.24. The van der Waals surface area contributed by atoms with Crippen LogP contribution < -0.4 is 0 Å². The van der Waals surface area contributed by atoms with Gasteiger partial charge >= 0.3 is 0 Å². The van der Waals surface area contributed by atoms with Gasteiger partial charge in [0.25, 0.3) is 0 Å². The molecular weight excluding hydrogens is 224 g/mol. The van der Waals surface area contributed by atoms with Gasteiger partial charge in [0.05, 0.1) is 11.4 Å². The van der Waals surface area contributed by atoms with E-state index in [9.17, 15) is 13.5 Å². The van der Waals surface area contributed by atoms with Crippen molar-refractivity contribution in [3.8, 4) is 0 Å². The molecule has 0 amide bonds. The van der Waals surface area contributed by atoms with Gasteiger partial charge in [0.1, 0.15) is 0 Å². The highest BCUT2D eigenvalue weighted by molar-refractivity contribution is 7.91.